The minimum atomic E-state index is -0.114. The van der Waals surface area contributed by atoms with Gasteiger partial charge in [0.25, 0.3) is 0 Å². The number of ether oxygens (including phenoxy) is 4. The summed E-state index contributed by atoms with van der Waals surface area (Å²) in [6.45, 7) is 2.06. The fraction of sp³-hybridized carbons (Fsp3) is 0.600. The minimum Gasteiger partial charge on any atom is -0.492 e. The number of carbonyl (C=O) groups is 2. The molecule has 0 bridgehead atoms. The summed E-state index contributed by atoms with van der Waals surface area (Å²) in [5, 5.41) is 4.39. The van der Waals surface area contributed by atoms with E-state index >= 15 is 0 Å². The molecule has 2 fully saturated rings. The van der Waals surface area contributed by atoms with Crippen LogP contribution >= 0.6 is 11.6 Å². The van der Waals surface area contributed by atoms with Crippen molar-refractivity contribution in [1.29, 1.82) is 0 Å². The van der Waals surface area contributed by atoms with E-state index in [1.807, 2.05) is 36.4 Å². The van der Waals surface area contributed by atoms with E-state index in [4.69, 9.17) is 30.5 Å². The van der Waals surface area contributed by atoms with Crippen LogP contribution < -0.4 is 9.47 Å². The zero-order valence-electron chi connectivity index (χ0n) is 28.1. The van der Waals surface area contributed by atoms with Gasteiger partial charge in [-0.25, -0.2) is 0 Å². The van der Waals surface area contributed by atoms with Crippen LogP contribution in [0.15, 0.2) is 42.5 Å². The first-order valence-electron chi connectivity index (χ1n) is 18.3. The quantitative estimate of drug-likeness (QED) is 0.0765. The van der Waals surface area contributed by atoms with Crippen molar-refractivity contribution in [3.8, 4) is 11.5 Å². The lowest BCUT2D eigenvalue weighted by Gasteiger charge is -2.21. The number of esters is 2. The molecular weight excluding hydrogens is 612 g/mol. The third kappa shape index (κ3) is 11.0. The standard InChI is InChI=1S/C40H53ClO6/c41-32-21-22-35-36(29-32)40(47-26-12-10-20-38(43)45-28-24-31-15-5-2-6-16-31)34-18-8-7-17-33(34)39(35)46-25-11-9-19-37(42)44-27-23-30-13-3-1-4-14-30/h7-8,17-18,21-22,29-31H,1-6,9-16,19-20,23-28H2. The van der Waals surface area contributed by atoms with Crippen LogP contribution in [0, 0.1) is 11.8 Å². The highest BCUT2D eigenvalue weighted by molar-refractivity contribution is 6.31. The number of benzene rings is 3. The zero-order chi connectivity index (χ0) is 32.7. The molecule has 0 atom stereocenters. The number of unbranched alkanes of at least 4 members (excludes halogenated alkanes) is 2. The SMILES string of the molecule is O=C(CCCCOc1c2ccccc2c(OCCCCC(=O)OCCC2CCCCC2)c2cc(Cl)ccc12)OCCC1CCCCC1. The van der Waals surface area contributed by atoms with E-state index in [-0.39, 0.29) is 11.9 Å². The van der Waals surface area contributed by atoms with Gasteiger partial charge >= 0.3 is 11.9 Å². The molecule has 0 N–H and O–H groups in total. The Morgan fingerprint density at radius 2 is 1.04 bits per heavy atom. The van der Waals surface area contributed by atoms with Gasteiger partial charge in [-0.15, -0.1) is 0 Å². The molecule has 0 unspecified atom stereocenters. The van der Waals surface area contributed by atoms with Crippen LogP contribution in [-0.4, -0.2) is 38.4 Å². The highest BCUT2D eigenvalue weighted by Gasteiger charge is 2.18. The number of rotatable bonds is 18. The molecule has 3 aromatic carbocycles. The van der Waals surface area contributed by atoms with Crippen LogP contribution in [0.5, 0.6) is 11.5 Å². The summed E-state index contributed by atoms with van der Waals surface area (Å²) in [5.41, 5.74) is 0. The lowest BCUT2D eigenvalue weighted by Crippen LogP contribution is -2.12. The maximum Gasteiger partial charge on any atom is 0.305 e. The molecule has 0 aliphatic heterocycles. The van der Waals surface area contributed by atoms with Crippen LogP contribution in [0.3, 0.4) is 0 Å². The first-order valence-corrected chi connectivity index (χ1v) is 18.7. The van der Waals surface area contributed by atoms with Crippen molar-refractivity contribution in [2.24, 2.45) is 11.8 Å². The van der Waals surface area contributed by atoms with Crippen molar-refractivity contribution in [2.45, 2.75) is 116 Å². The van der Waals surface area contributed by atoms with Gasteiger partial charge in [-0.1, -0.05) is 100 Å². The Morgan fingerprint density at radius 1 is 0.574 bits per heavy atom. The van der Waals surface area contributed by atoms with Crippen molar-refractivity contribution in [1.82, 2.24) is 0 Å². The van der Waals surface area contributed by atoms with Crippen molar-refractivity contribution >= 4 is 45.1 Å². The Morgan fingerprint density at radius 3 is 1.55 bits per heavy atom. The molecule has 0 amide bonds. The Kier molecular flexibility index (Phi) is 14.4. The molecule has 0 spiro atoms. The molecule has 47 heavy (non-hydrogen) atoms. The van der Waals surface area contributed by atoms with Crippen LogP contribution in [0.25, 0.3) is 21.5 Å². The summed E-state index contributed by atoms with van der Waals surface area (Å²) >= 11 is 6.47. The summed E-state index contributed by atoms with van der Waals surface area (Å²) in [7, 11) is 0. The molecule has 0 aromatic heterocycles. The highest BCUT2D eigenvalue weighted by atomic mass is 35.5. The van der Waals surface area contributed by atoms with Crippen LogP contribution in [0.1, 0.15) is 116 Å². The van der Waals surface area contributed by atoms with Gasteiger partial charge in [0.05, 0.1) is 26.4 Å². The monoisotopic (exact) mass is 664 g/mol. The van der Waals surface area contributed by atoms with Gasteiger partial charge in [0.15, 0.2) is 0 Å². The summed E-state index contributed by atoms with van der Waals surface area (Å²) in [4.78, 5) is 24.6. The first-order chi connectivity index (χ1) is 23.1. The maximum absolute atomic E-state index is 12.3. The normalized spacial score (nSPS) is 15.9. The lowest BCUT2D eigenvalue weighted by molar-refractivity contribution is -0.145. The van der Waals surface area contributed by atoms with E-state index in [0.29, 0.717) is 50.7 Å². The number of halogens is 1. The van der Waals surface area contributed by atoms with Crippen LogP contribution in [0.4, 0.5) is 0 Å². The van der Waals surface area contributed by atoms with E-state index in [1.54, 1.807) is 0 Å². The fourth-order valence-electron chi connectivity index (χ4n) is 7.25. The molecule has 0 radical (unpaired) electrons. The maximum atomic E-state index is 12.3. The number of carbonyl (C=O) groups excluding carboxylic acids is 2. The second-order valence-corrected chi connectivity index (χ2v) is 14.0. The minimum absolute atomic E-state index is 0.112. The lowest BCUT2D eigenvalue weighted by atomic mass is 9.87. The predicted molar refractivity (Wildman–Crippen MR) is 189 cm³/mol. The van der Waals surface area contributed by atoms with E-state index in [0.717, 1.165) is 77.0 Å². The zero-order valence-corrected chi connectivity index (χ0v) is 28.8. The van der Waals surface area contributed by atoms with Crippen molar-refractivity contribution < 1.29 is 28.5 Å². The highest BCUT2D eigenvalue weighted by Crippen LogP contribution is 2.43. The largest absolute Gasteiger partial charge is 0.492 e. The van der Waals surface area contributed by atoms with Gasteiger partial charge in [-0.05, 0) is 68.6 Å². The van der Waals surface area contributed by atoms with E-state index in [2.05, 4.69) is 6.07 Å². The number of fused-ring (bicyclic) bond motifs is 2. The predicted octanol–water partition coefficient (Wildman–Crippen LogP) is 10.8. The number of hydrogen-bond acceptors (Lipinski definition) is 6. The van der Waals surface area contributed by atoms with Gasteiger partial charge in [0.2, 0.25) is 0 Å². The molecule has 0 saturated heterocycles. The molecule has 3 aromatic rings. The second-order valence-electron chi connectivity index (χ2n) is 13.5. The molecule has 2 aliphatic carbocycles. The summed E-state index contributed by atoms with van der Waals surface area (Å²) in [6, 6.07) is 13.9. The molecule has 7 heteroatoms. The molecule has 2 aliphatic rings. The van der Waals surface area contributed by atoms with Crippen molar-refractivity contribution in [2.75, 3.05) is 26.4 Å². The van der Waals surface area contributed by atoms with Gasteiger partial charge in [0.1, 0.15) is 11.5 Å². The molecule has 256 valence electrons. The third-order valence-corrected chi connectivity index (χ3v) is 10.2. The van der Waals surface area contributed by atoms with Gasteiger partial charge in [-0.3, -0.25) is 9.59 Å². The first kappa shape index (κ1) is 35.3. The van der Waals surface area contributed by atoms with Crippen molar-refractivity contribution in [3.63, 3.8) is 0 Å². The van der Waals surface area contributed by atoms with Crippen molar-refractivity contribution in [3.05, 3.63) is 47.5 Å². The molecule has 0 heterocycles. The average Bonchev–Trinajstić information content (AvgIpc) is 3.09. The average molecular weight is 665 g/mol. The van der Waals surface area contributed by atoms with Crippen LogP contribution in [-0.2, 0) is 19.1 Å². The topological polar surface area (TPSA) is 71.1 Å². The van der Waals surface area contributed by atoms with Gasteiger partial charge in [-0.2, -0.15) is 0 Å². The summed E-state index contributed by atoms with van der Waals surface area (Å²) < 4.78 is 23.8. The Hall–Kier alpha value is -2.99. The van der Waals surface area contributed by atoms with Gasteiger partial charge < -0.3 is 18.9 Å². The Labute approximate surface area is 285 Å². The summed E-state index contributed by atoms with van der Waals surface area (Å²) in [5.74, 6) is 2.78. The molecule has 5 rings (SSSR count). The molecular formula is C40H53ClO6. The third-order valence-electron chi connectivity index (χ3n) is 9.96. The van der Waals surface area contributed by atoms with E-state index in [9.17, 15) is 9.59 Å². The van der Waals surface area contributed by atoms with Crippen LogP contribution in [0.2, 0.25) is 5.02 Å². The molecule has 2 saturated carbocycles. The smallest absolute Gasteiger partial charge is 0.305 e. The Bertz CT molecular complexity index is 1430. The number of hydrogen-bond donors (Lipinski definition) is 0. The fourth-order valence-corrected chi connectivity index (χ4v) is 7.42. The second kappa shape index (κ2) is 19.1. The van der Waals surface area contributed by atoms with Gasteiger partial charge in [0, 0.05) is 39.4 Å². The summed E-state index contributed by atoms with van der Waals surface area (Å²) in [6.07, 6.45) is 18.8. The molecule has 6 nitrogen and oxygen atoms in total. The van der Waals surface area contributed by atoms with E-state index in [1.165, 1.54) is 64.2 Å². The Balaban J connectivity index is 1.09. The van der Waals surface area contributed by atoms with E-state index < -0.39 is 0 Å².